The largest absolute Gasteiger partial charge is 0.391 e. The van der Waals surface area contributed by atoms with Gasteiger partial charge in [-0.05, 0) is 30.7 Å². The molecule has 0 saturated heterocycles. The van der Waals surface area contributed by atoms with Crippen molar-refractivity contribution in [3.8, 4) is 0 Å². The lowest BCUT2D eigenvalue weighted by atomic mass is 10.3. The second-order valence-corrected chi connectivity index (χ2v) is 6.34. The van der Waals surface area contributed by atoms with E-state index in [9.17, 15) is 8.42 Å². The van der Waals surface area contributed by atoms with Crippen molar-refractivity contribution < 1.29 is 13.5 Å². The van der Waals surface area contributed by atoms with Crippen molar-refractivity contribution in [3.05, 3.63) is 15.8 Å². The van der Waals surface area contributed by atoms with Gasteiger partial charge in [-0.1, -0.05) is 0 Å². The Balaban J connectivity index is 2.37. The van der Waals surface area contributed by atoms with Crippen molar-refractivity contribution in [1.82, 2.24) is 4.72 Å². The molecular formula is C9H13NO3S2. The minimum Gasteiger partial charge on any atom is -0.391 e. The Bertz CT molecular complexity index is 460. The molecule has 0 unspecified atom stereocenters. The number of aliphatic hydroxyl groups excluding tert-OH is 1. The van der Waals surface area contributed by atoms with Gasteiger partial charge >= 0.3 is 0 Å². The molecule has 0 aliphatic heterocycles. The summed E-state index contributed by atoms with van der Waals surface area (Å²) < 4.78 is 26.5. The van der Waals surface area contributed by atoms with Gasteiger partial charge in [0.1, 0.15) is 4.90 Å². The molecule has 1 heterocycles. The first-order valence-corrected chi connectivity index (χ1v) is 7.11. The zero-order chi connectivity index (χ0) is 11.1. The van der Waals surface area contributed by atoms with E-state index in [2.05, 4.69) is 4.72 Å². The van der Waals surface area contributed by atoms with Gasteiger partial charge in [-0.3, -0.25) is 0 Å². The highest BCUT2D eigenvalue weighted by molar-refractivity contribution is 7.89. The van der Waals surface area contributed by atoms with Crippen LogP contribution in [0, 0.1) is 6.92 Å². The smallest absolute Gasteiger partial charge is 0.242 e. The number of hydrogen-bond acceptors (Lipinski definition) is 4. The molecule has 6 heteroatoms. The van der Waals surface area contributed by atoms with Crippen LogP contribution in [0.15, 0.2) is 10.3 Å². The van der Waals surface area contributed by atoms with Crippen LogP contribution in [0.3, 0.4) is 0 Å². The van der Waals surface area contributed by atoms with Crippen molar-refractivity contribution in [2.75, 3.05) is 0 Å². The molecule has 0 aromatic carbocycles. The van der Waals surface area contributed by atoms with Crippen LogP contribution in [0.4, 0.5) is 0 Å². The van der Waals surface area contributed by atoms with Gasteiger partial charge in [0.15, 0.2) is 0 Å². The highest BCUT2D eigenvalue weighted by Crippen LogP contribution is 2.29. The Labute approximate surface area is 93.0 Å². The summed E-state index contributed by atoms with van der Waals surface area (Å²) in [5.74, 6) is 0. The molecule has 15 heavy (non-hydrogen) atoms. The highest BCUT2D eigenvalue weighted by Gasteiger charge is 2.30. The van der Waals surface area contributed by atoms with Gasteiger partial charge < -0.3 is 5.11 Å². The topological polar surface area (TPSA) is 66.4 Å². The van der Waals surface area contributed by atoms with Crippen LogP contribution in [-0.4, -0.2) is 19.6 Å². The van der Waals surface area contributed by atoms with Crippen LogP contribution in [0.25, 0.3) is 0 Å². The zero-order valence-corrected chi connectivity index (χ0v) is 9.99. The maximum atomic E-state index is 11.9. The molecule has 1 saturated carbocycles. The maximum absolute atomic E-state index is 11.9. The van der Waals surface area contributed by atoms with Gasteiger partial charge in [-0.2, -0.15) is 0 Å². The van der Waals surface area contributed by atoms with Crippen molar-refractivity contribution >= 4 is 21.4 Å². The third-order valence-corrected chi connectivity index (χ3v) is 5.27. The van der Waals surface area contributed by atoms with E-state index in [0.717, 1.165) is 12.8 Å². The lowest BCUT2D eigenvalue weighted by Gasteiger charge is -2.06. The first kappa shape index (κ1) is 11.1. The van der Waals surface area contributed by atoms with Crippen molar-refractivity contribution in [3.63, 3.8) is 0 Å². The zero-order valence-electron chi connectivity index (χ0n) is 8.36. The summed E-state index contributed by atoms with van der Waals surface area (Å²) in [6.45, 7) is 1.52. The molecular weight excluding hydrogens is 234 g/mol. The van der Waals surface area contributed by atoms with Gasteiger partial charge in [0.2, 0.25) is 10.0 Å². The minimum absolute atomic E-state index is 0.0980. The quantitative estimate of drug-likeness (QED) is 0.834. The number of aryl methyl sites for hydroxylation is 1. The van der Waals surface area contributed by atoms with Gasteiger partial charge in [0.05, 0.1) is 11.5 Å². The van der Waals surface area contributed by atoms with Gasteiger partial charge in [0, 0.05) is 6.04 Å². The van der Waals surface area contributed by atoms with E-state index in [1.807, 2.05) is 0 Å². The van der Waals surface area contributed by atoms with Gasteiger partial charge in [-0.25, -0.2) is 13.1 Å². The molecule has 0 bridgehead atoms. The summed E-state index contributed by atoms with van der Waals surface area (Å²) in [4.78, 5) is 0.780. The van der Waals surface area contributed by atoms with Crippen LogP contribution in [0.5, 0.6) is 0 Å². The summed E-state index contributed by atoms with van der Waals surface area (Å²) >= 11 is 1.28. The third-order valence-electron chi connectivity index (χ3n) is 2.30. The van der Waals surface area contributed by atoms with E-state index in [0.29, 0.717) is 10.4 Å². The Hall–Kier alpha value is -0.430. The van der Waals surface area contributed by atoms with Gasteiger partial charge in [0.25, 0.3) is 0 Å². The summed E-state index contributed by atoms with van der Waals surface area (Å²) in [6, 6.07) is 0.0980. The molecule has 0 spiro atoms. The molecule has 4 nitrogen and oxygen atoms in total. The number of thiophene rings is 1. The summed E-state index contributed by atoms with van der Waals surface area (Å²) in [5.41, 5.74) is 0.706. The van der Waals surface area contributed by atoms with Crippen LogP contribution >= 0.6 is 11.3 Å². The molecule has 2 N–H and O–H groups in total. The Morgan fingerprint density at radius 3 is 2.80 bits per heavy atom. The van der Waals surface area contributed by atoms with Crippen molar-refractivity contribution in [2.45, 2.75) is 37.3 Å². The second-order valence-electron chi connectivity index (χ2n) is 3.72. The average molecular weight is 247 g/mol. The van der Waals surface area contributed by atoms with E-state index in [1.165, 1.54) is 11.3 Å². The first-order valence-electron chi connectivity index (χ1n) is 4.75. The average Bonchev–Trinajstić information content (AvgIpc) is 2.85. The van der Waals surface area contributed by atoms with E-state index in [1.54, 1.807) is 12.3 Å². The molecule has 2 rings (SSSR count). The maximum Gasteiger partial charge on any atom is 0.242 e. The fourth-order valence-electron chi connectivity index (χ4n) is 1.44. The Kier molecular flexibility index (Phi) is 2.85. The normalized spacial score (nSPS) is 16.9. The van der Waals surface area contributed by atoms with Crippen LogP contribution in [0.1, 0.15) is 23.3 Å². The summed E-state index contributed by atoms with van der Waals surface area (Å²) in [5, 5.41) is 10.8. The summed E-state index contributed by atoms with van der Waals surface area (Å²) in [6.07, 6.45) is 1.83. The Morgan fingerprint density at radius 2 is 2.27 bits per heavy atom. The molecule has 1 aromatic heterocycles. The predicted molar refractivity (Wildman–Crippen MR) is 58.3 cm³/mol. The number of hydrogen-bond donors (Lipinski definition) is 2. The molecule has 1 aliphatic rings. The fourth-order valence-corrected chi connectivity index (χ4v) is 4.40. The van der Waals surface area contributed by atoms with E-state index in [4.69, 9.17) is 5.11 Å². The Morgan fingerprint density at radius 1 is 1.60 bits per heavy atom. The number of nitrogens with one attached hydrogen (secondary N) is 1. The minimum atomic E-state index is -3.43. The van der Waals surface area contributed by atoms with Gasteiger partial charge in [-0.15, -0.1) is 11.3 Å². The lowest BCUT2D eigenvalue weighted by molar-refractivity contribution is 0.282. The monoisotopic (exact) mass is 247 g/mol. The van der Waals surface area contributed by atoms with Crippen molar-refractivity contribution in [2.24, 2.45) is 0 Å². The van der Waals surface area contributed by atoms with Crippen LogP contribution in [0.2, 0.25) is 0 Å². The number of rotatable bonds is 4. The molecule has 1 aromatic rings. The molecule has 1 fully saturated rings. The molecule has 0 radical (unpaired) electrons. The first-order chi connectivity index (χ1) is 7.04. The van der Waals surface area contributed by atoms with E-state index < -0.39 is 10.0 Å². The van der Waals surface area contributed by atoms with E-state index in [-0.39, 0.29) is 17.5 Å². The van der Waals surface area contributed by atoms with E-state index >= 15 is 0 Å². The third kappa shape index (κ3) is 2.23. The molecule has 0 amide bonds. The SMILES string of the molecule is Cc1csc(CO)c1S(=O)(=O)NC1CC1. The standard InChI is InChI=1S/C9H13NO3S2/c1-6-5-14-8(4-11)9(6)15(12,13)10-7-2-3-7/h5,7,10-11H,2-4H2,1H3. The lowest BCUT2D eigenvalue weighted by Crippen LogP contribution is -2.26. The van der Waals surface area contributed by atoms with Crippen LogP contribution in [-0.2, 0) is 16.6 Å². The fraction of sp³-hybridized carbons (Fsp3) is 0.556. The highest BCUT2D eigenvalue weighted by atomic mass is 32.2. The predicted octanol–water partition coefficient (Wildman–Crippen LogP) is 0.990. The number of sulfonamides is 1. The second kappa shape index (κ2) is 3.86. The molecule has 1 aliphatic carbocycles. The van der Waals surface area contributed by atoms with Crippen molar-refractivity contribution in [1.29, 1.82) is 0 Å². The summed E-state index contributed by atoms with van der Waals surface area (Å²) in [7, 11) is -3.43. The molecule has 84 valence electrons. The number of aliphatic hydroxyl groups is 1. The molecule has 0 atom stereocenters. The van der Waals surface area contributed by atoms with Crippen LogP contribution < -0.4 is 4.72 Å².